The summed E-state index contributed by atoms with van der Waals surface area (Å²) in [6, 6.07) is 1.15. The Bertz CT molecular complexity index is 474. The Morgan fingerprint density at radius 3 is 0.900 bits per heavy atom. The largest absolute Gasteiger partial charge is 0.400 e. The molecular weight excluding hydrogens is 506 g/mol. The first-order valence-corrected chi connectivity index (χ1v) is 20.3. The molecule has 0 aliphatic carbocycles. The molecule has 0 aliphatic heterocycles. The first-order valence-electron chi connectivity index (χ1n) is 18.5. The van der Waals surface area contributed by atoms with Crippen molar-refractivity contribution in [2.24, 2.45) is 0 Å². The average molecular weight is 585 g/mol. The SMILES string of the molecule is CCCCCCCCCCCCCCCC[N+](C)(CCCCCCCCCCCCCC)CCC[SiH](OC)OC. The normalized spacial score (nSPS) is 13.3. The Kier molecular flexibility index (Phi) is 32.1. The fraction of sp³-hybridized carbons (Fsp3) is 1.00. The second kappa shape index (κ2) is 32.0. The van der Waals surface area contributed by atoms with Crippen molar-refractivity contribution < 1.29 is 13.3 Å². The molecule has 0 N–H and O–H groups in total. The van der Waals surface area contributed by atoms with E-state index in [1.54, 1.807) is 0 Å². The predicted octanol–water partition coefficient (Wildman–Crippen LogP) is 11.5. The molecule has 3 nitrogen and oxygen atoms in total. The lowest BCUT2D eigenvalue weighted by Gasteiger charge is -2.35. The monoisotopic (exact) mass is 585 g/mol. The van der Waals surface area contributed by atoms with Crippen molar-refractivity contribution in [3.8, 4) is 0 Å². The van der Waals surface area contributed by atoms with Gasteiger partial charge in [0.25, 0.3) is 0 Å². The topological polar surface area (TPSA) is 18.5 Å². The Morgan fingerprint density at radius 2 is 0.625 bits per heavy atom. The van der Waals surface area contributed by atoms with Crippen molar-refractivity contribution in [1.82, 2.24) is 0 Å². The molecule has 4 heteroatoms. The van der Waals surface area contributed by atoms with E-state index in [9.17, 15) is 0 Å². The average Bonchev–Trinajstić information content (AvgIpc) is 2.96. The summed E-state index contributed by atoms with van der Waals surface area (Å²) in [5.74, 6) is 0. The Balaban J connectivity index is 3.98. The minimum Gasteiger partial charge on any atom is -0.400 e. The highest BCUT2D eigenvalue weighted by Crippen LogP contribution is 2.18. The molecule has 0 amide bonds. The van der Waals surface area contributed by atoms with Crippen LogP contribution in [0.3, 0.4) is 0 Å². The first-order chi connectivity index (χ1) is 19.6. The number of rotatable bonds is 34. The standard InChI is InChI=1S/C36H78NO2Si/c1-6-8-10-12-14-16-18-20-21-23-25-27-29-31-34-37(3,35-32-36-40(38-4)39-5)33-30-28-26-24-22-19-17-15-13-11-9-7-2/h40H,6-36H2,1-5H3/q+1. The quantitative estimate of drug-likeness (QED) is 0.0425. The maximum atomic E-state index is 5.59. The summed E-state index contributed by atoms with van der Waals surface area (Å²) in [4.78, 5) is 0. The third-order valence-electron chi connectivity index (χ3n) is 9.27. The molecule has 242 valence electrons. The summed E-state index contributed by atoms with van der Waals surface area (Å²) in [5.41, 5.74) is 0. The van der Waals surface area contributed by atoms with Crippen LogP contribution in [0.25, 0.3) is 0 Å². The predicted molar refractivity (Wildman–Crippen MR) is 183 cm³/mol. The molecule has 0 aromatic heterocycles. The molecule has 0 spiro atoms. The van der Waals surface area contributed by atoms with Gasteiger partial charge in [0.2, 0.25) is 0 Å². The van der Waals surface area contributed by atoms with Crippen LogP contribution in [-0.2, 0) is 8.85 Å². The van der Waals surface area contributed by atoms with E-state index in [1.807, 2.05) is 14.2 Å². The van der Waals surface area contributed by atoms with E-state index in [0.29, 0.717) is 0 Å². The van der Waals surface area contributed by atoms with E-state index < -0.39 is 9.28 Å². The van der Waals surface area contributed by atoms with Crippen molar-refractivity contribution in [1.29, 1.82) is 0 Å². The molecule has 1 atom stereocenters. The van der Waals surface area contributed by atoms with Crippen LogP contribution in [0, 0.1) is 0 Å². The zero-order valence-corrected chi connectivity index (χ0v) is 29.9. The molecule has 0 fully saturated rings. The molecule has 0 saturated heterocycles. The van der Waals surface area contributed by atoms with Crippen molar-refractivity contribution in [3.63, 3.8) is 0 Å². The third-order valence-corrected chi connectivity index (χ3v) is 11.2. The lowest BCUT2D eigenvalue weighted by atomic mass is 10.0. The number of nitrogens with zero attached hydrogens (tertiary/aromatic N) is 1. The van der Waals surface area contributed by atoms with Gasteiger partial charge in [-0.2, -0.15) is 0 Å². The molecular formula is C36H78NO2Si+. The molecule has 0 heterocycles. The van der Waals surface area contributed by atoms with Crippen LogP contribution < -0.4 is 0 Å². The van der Waals surface area contributed by atoms with Crippen LogP contribution >= 0.6 is 0 Å². The van der Waals surface area contributed by atoms with Gasteiger partial charge in [-0.3, -0.25) is 0 Å². The van der Waals surface area contributed by atoms with Crippen molar-refractivity contribution >= 4 is 9.28 Å². The van der Waals surface area contributed by atoms with Gasteiger partial charge in [-0.25, -0.2) is 0 Å². The second-order valence-corrected chi connectivity index (χ2v) is 15.7. The maximum Gasteiger partial charge on any atom is 0.321 e. The molecule has 0 aliphatic rings. The lowest BCUT2D eigenvalue weighted by Crippen LogP contribution is -2.46. The number of quaternary nitrogens is 1. The zero-order chi connectivity index (χ0) is 29.4. The van der Waals surface area contributed by atoms with E-state index >= 15 is 0 Å². The van der Waals surface area contributed by atoms with Gasteiger partial charge in [0.15, 0.2) is 0 Å². The smallest absolute Gasteiger partial charge is 0.321 e. The maximum absolute atomic E-state index is 5.59. The van der Waals surface area contributed by atoms with Gasteiger partial charge in [0, 0.05) is 14.2 Å². The van der Waals surface area contributed by atoms with Crippen LogP contribution in [0.2, 0.25) is 6.04 Å². The van der Waals surface area contributed by atoms with E-state index in [-0.39, 0.29) is 0 Å². The van der Waals surface area contributed by atoms with E-state index in [0.717, 1.165) is 6.04 Å². The summed E-state index contributed by atoms with van der Waals surface area (Å²) in [7, 11) is 4.78. The molecule has 40 heavy (non-hydrogen) atoms. The Hall–Kier alpha value is 0.0969. The fourth-order valence-electron chi connectivity index (χ4n) is 6.33. The molecule has 0 aromatic carbocycles. The van der Waals surface area contributed by atoms with Gasteiger partial charge < -0.3 is 13.3 Å². The van der Waals surface area contributed by atoms with Crippen LogP contribution in [0.4, 0.5) is 0 Å². The van der Waals surface area contributed by atoms with Crippen molar-refractivity contribution in [3.05, 3.63) is 0 Å². The number of hydrogen-bond donors (Lipinski definition) is 0. The zero-order valence-electron chi connectivity index (χ0n) is 28.8. The summed E-state index contributed by atoms with van der Waals surface area (Å²) in [5, 5.41) is 0. The van der Waals surface area contributed by atoms with Crippen LogP contribution in [0.15, 0.2) is 0 Å². The molecule has 0 rings (SSSR count). The van der Waals surface area contributed by atoms with Gasteiger partial charge in [0.1, 0.15) is 0 Å². The van der Waals surface area contributed by atoms with Gasteiger partial charge in [0.05, 0.1) is 26.7 Å². The Morgan fingerprint density at radius 1 is 0.375 bits per heavy atom. The molecule has 1 unspecified atom stereocenters. The molecule has 0 radical (unpaired) electrons. The van der Waals surface area contributed by atoms with Crippen molar-refractivity contribution in [2.75, 3.05) is 40.9 Å². The number of hydrogen-bond acceptors (Lipinski definition) is 2. The van der Waals surface area contributed by atoms with Gasteiger partial charge in [-0.1, -0.05) is 155 Å². The highest BCUT2D eigenvalue weighted by atomic mass is 28.3. The van der Waals surface area contributed by atoms with E-state index in [2.05, 4.69) is 20.9 Å². The molecule has 0 aromatic rings. The highest BCUT2D eigenvalue weighted by Gasteiger charge is 2.22. The fourth-order valence-corrected chi connectivity index (χ4v) is 7.51. The van der Waals surface area contributed by atoms with Gasteiger partial charge in [-0.05, 0) is 38.1 Å². The minimum absolute atomic E-state index is 1.15. The lowest BCUT2D eigenvalue weighted by molar-refractivity contribution is -0.910. The molecule has 0 saturated carbocycles. The van der Waals surface area contributed by atoms with E-state index in [1.165, 1.54) is 197 Å². The summed E-state index contributed by atoms with van der Waals surface area (Å²) in [6.07, 6.45) is 38.8. The summed E-state index contributed by atoms with van der Waals surface area (Å²) < 4.78 is 12.4. The second-order valence-electron chi connectivity index (χ2n) is 13.3. The van der Waals surface area contributed by atoms with Crippen molar-refractivity contribution in [2.45, 2.75) is 193 Å². The van der Waals surface area contributed by atoms with Crippen LogP contribution in [-0.4, -0.2) is 54.7 Å². The summed E-state index contributed by atoms with van der Waals surface area (Å²) >= 11 is 0. The van der Waals surface area contributed by atoms with Crippen LogP contribution in [0.5, 0.6) is 0 Å². The molecule has 0 bridgehead atoms. The Labute approximate surface area is 256 Å². The minimum atomic E-state index is -1.42. The highest BCUT2D eigenvalue weighted by molar-refractivity contribution is 6.44. The van der Waals surface area contributed by atoms with Crippen LogP contribution in [0.1, 0.15) is 187 Å². The van der Waals surface area contributed by atoms with E-state index in [4.69, 9.17) is 8.85 Å². The summed E-state index contributed by atoms with van der Waals surface area (Å²) in [6.45, 7) is 8.64. The third kappa shape index (κ3) is 28.2. The first kappa shape index (κ1) is 40.1. The number of unbranched alkanes of at least 4 members (excludes halogenated alkanes) is 24. The van der Waals surface area contributed by atoms with Gasteiger partial charge >= 0.3 is 9.28 Å². The van der Waals surface area contributed by atoms with Gasteiger partial charge in [-0.15, -0.1) is 0 Å².